The molecule has 1 saturated heterocycles. The minimum atomic E-state index is -0.126. The van der Waals surface area contributed by atoms with E-state index in [1.165, 1.54) is 0 Å². The molecule has 1 unspecified atom stereocenters. The molecule has 2 N–H and O–H groups in total. The van der Waals surface area contributed by atoms with Gasteiger partial charge in [0, 0.05) is 19.6 Å². The van der Waals surface area contributed by atoms with Gasteiger partial charge in [0.25, 0.3) is 0 Å². The molecule has 8 heteroatoms. The summed E-state index contributed by atoms with van der Waals surface area (Å²) in [6, 6.07) is 1.91. The van der Waals surface area contributed by atoms with Crippen LogP contribution in [-0.4, -0.2) is 48.1 Å². The predicted molar refractivity (Wildman–Crippen MR) is 101 cm³/mol. The summed E-state index contributed by atoms with van der Waals surface area (Å²) in [6.07, 6.45) is 4.59. The summed E-state index contributed by atoms with van der Waals surface area (Å²) in [5, 5.41) is 9.40. The molecule has 24 heavy (non-hydrogen) atoms. The lowest BCUT2D eigenvalue weighted by Crippen LogP contribution is -2.45. The summed E-state index contributed by atoms with van der Waals surface area (Å²) in [7, 11) is 0. The average molecular weight is 370 g/mol. The highest BCUT2D eigenvalue weighted by molar-refractivity contribution is 7.16. The van der Waals surface area contributed by atoms with Crippen molar-refractivity contribution in [2.45, 2.75) is 32.2 Å². The molecule has 1 amide bonds. The molecule has 3 heterocycles. The second-order valence-electron chi connectivity index (χ2n) is 5.73. The van der Waals surface area contributed by atoms with Gasteiger partial charge in [-0.25, -0.2) is 9.97 Å². The van der Waals surface area contributed by atoms with Crippen molar-refractivity contribution < 1.29 is 4.79 Å². The molecule has 1 fully saturated rings. The van der Waals surface area contributed by atoms with E-state index >= 15 is 0 Å². The van der Waals surface area contributed by atoms with Crippen molar-refractivity contribution in [3.63, 3.8) is 0 Å². The molecule has 0 saturated carbocycles. The van der Waals surface area contributed by atoms with Gasteiger partial charge in [-0.3, -0.25) is 4.79 Å². The topological polar surface area (TPSA) is 70.2 Å². The fraction of sp³-hybridized carbons (Fsp3) is 0.562. The number of carbonyl (C=O) groups excluding carboxylic acids is 1. The summed E-state index contributed by atoms with van der Waals surface area (Å²) in [5.41, 5.74) is 0. The van der Waals surface area contributed by atoms with Gasteiger partial charge in [0.2, 0.25) is 5.91 Å². The molecule has 0 spiro atoms. The monoisotopic (exact) mass is 369 g/mol. The Morgan fingerprint density at radius 3 is 3.08 bits per heavy atom. The summed E-state index contributed by atoms with van der Waals surface area (Å²) >= 11 is 1.60. The number of carbonyl (C=O) groups is 1. The maximum atomic E-state index is 12.5. The van der Waals surface area contributed by atoms with Gasteiger partial charge in [-0.2, -0.15) is 0 Å². The van der Waals surface area contributed by atoms with E-state index in [-0.39, 0.29) is 24.4 Å². The molecule has 2 aromatic heterocycles. The number of hydrogen-bond acceptors (Lipinski definition) is 6. The van der Waals surface area contributed by atoms with Crippen molar-refractivity contribution >= 4 is 45.7 Å². The van der Waals surface area contributed by atoms with Crippen LogP contribution in [0.4, 0.5) is 5.82 Å². The van der Waals surface area contributed by atoms with Crippen LogP contribution < -0.4 is 15.5 Å². The van der Waals surface area contributed by atoms with Crippen molar-refractivity contribution in [1.82, 2.24) is 20.6 Å². The van der Waals surface area contributed by atoms with E-state index in [0.717, 1.165) is 54.9 Å². The molecule has 0 aromatic carbocycles. The zero-order valence-corrected chi connectivity index (χ0v) is 15.5. The molecule has 0 radical (unpaired) electrons. The first kappa shape index (κ1) is 18.9. The molecule has 1 aliphatic rings. The second-order valence-corrected chi connectivity index (χ2v) is 6.62. The number of halogens is 1. The summed E-state index contributed by atoms with van der Waals surface area (Å²) < 4.78 is 0. The lowest BCUT2D eigenvalue weighted by atomic mass is 10.2. The molecule has 6 nitrogen and oxygen atoms in total. The number of thiophene rings is 1. The van der Waals surface area contributed by atoms with Crippen LogP contribution in [-0.2, 0) is 4.79 Å². The van der Waals surface area contributed by atoms with Gasteiger partial charge >= 0.3 is 0 Å². The smallest absolute Gasteiger partial charge is 0.242 e. The van der Waals surface area contributed by atoms with Crippen LogP contribution in [0.25, 0.3) is 10.2 Å². The molecule has 0 bridgehead atoms. The Hall–Kier alpha value is -1.44. The highest BCUT2D eigenvalue weighted by atomic mass is 35.5. The van der Waals surface area contributed by atoms with Gasteiger partial charge < -0.3 is 15.5 Å². The molecular weight excluding hydrogens is 346 g/mol. The first-order valence-corrected chi connectivity index (χ1v) is 9.12. The van der Waals surface area contributed by atoms with Gasteiger partial charge in [0.1, 0.15) is 23.0 Å². The number of fused-ring (bicyclic) bond motifs is 1. The first-order valence-electron chi connectivity index (χ1n) is 8.24. The molecule has 2 aromatic rings. The van der Waals surface area contributed by atoms with Crippen LogP contribution in [0, 0.1) is 0 Å². The molecule has 1 atom stereocenters. The van der Waals surface area contributed by atoms with Gasteiger partial charge in [-0.15, -0.1) is 23.7 Å². The number of nitrogens with zero attached hydrogens (tertiary/aromatic N) is 3. The van der Waals surface area contributed by atoms with Crippen LogP contribution in [0.3, 0.4) is 0 Å². The van der Waals surface area contributed by atoms with Crippen LogP contribution in [0.15, 0.2) is 17.8 Å². The number of amides is 1. The van der Waals surface area contributed by atoms with Gasteiger partial charge in [0.05, 0.1) is 5.39 Å². The third-order valence-electron chi connectivity index (χ3n) is 4.10. The van der Waals surface area contributed by atoms with Gasteiger partial charge in [0.15, 0.2) is 0 Å². The van der Waals surface area contributed by atoms with E-state index < -0.39 is 0 Å². The predicted octanol–water partition coefficient (Wildman–Crippen LogP) is 2.20. The van der Waals surface area contributed by atoms with Crippen molar-refractivity contribution in [2.24, 2.45) is 0 Å². The maximum Gasteiger partial charge on any atom is 0.242 e. The van der Waals surface area contributed by atoms with Gasteiger partial charge in [-0.1, -0.05) is 6.92 Å². The molecule has 1 aliphatic heterocycles. The fourth-order valence-corrected chi connectivity index (χ4v) is 3.72. The molecule has 132 valence electrons. The summed E-state index contributed by atoms with van der Waals surface area (Å²) in [4.78, 5) is 24.4. The largest absolute Gasteiger partial charge is 0.353 e. The molecule has 3 rings (SSSR count). The zero-order valence-electron chi connectivity index (χ0n) is 13.8. The van der Waals surface area contributed by atoms with Crippen LogP contribution >= 0.6 is 23.7 Å². The van der Waals surface area contributed by atoms with Gasteiger partial charge in [-0.05, 0) is 37.3 Å². The highest BCUT2D eigenvalue weighted by Gasteiger charge is 2.32. The van der Waals surface area contributed by atoms with Crippen LogP contribution in [0.1, 0.15) is 26.2 Å². The number of anilines is 1. The Balaban J connectivity index is 0.00000208. The number of hydrogen-bond donors (Lipinski definition) is 2. The minimum absolute atomic E-state index is 0. The van der Waals surface area contributed by atoms with E-state index in [0.29, 0.717) is 6.54 Å². The number of nitrogens with one attached hydrogen (secondary N) is 2. The van der Waals surface area contributed by atoms with Crippen LogP contribution in [0.2, 0.25) is 0 Å². The Labute approximate surface area is 152 Å². The van der Waals surface area contributed by atoms with E-state index in [1.807, 2.05) is 11.4 Å². The Bertz CT molecular complexity index is 665. The third kappa shape index (κ3) is 4.15. The number of rotatable bonds is 7. The zero-order chi connectivity index (χ0) is 16.1. The first-order chi connectivity index (χ1) is 11.3. The quantitative estimate of drug-likeness (QED) is 0.732. The lowest BCUT2D eigenvalue weighted by molar-refractivity contribution is -0.122. The fourth-order valence-electron chi connectivity index (χ4n) is 2.99. The standard InChI is InChI=1S/C16H23N5OS.ClH/c1-2-6-17-7-8-18-15(22)13-4-3-9-21(13)14-12-5-10-23-16(12)20-11-19-14;/h5,10-11,13,17H,2-4,6-9H2,1H3,(H,18,22);1H. The Morgan fingerprint density at radius 1 is 1.38 bits per heavy atom. The second kappa shape index (κ2) is 9.15. The molecular formula is C16H24ClN5OS. The highest BCUT2D eigenvalue weighted by Crippen LogP contribution is 2.31. The summed E-state index contributed by atoms with van der Waals surface area (Å²) in [5.74, 6) is 0.987. The van der Waals surface area contributed by atoms with Crippen molar-refractivity contribution in [2.75, 3.05) is 31.1 Å². The minimum Gasteiger partial charge on any atom is -0.353 e. The summed E-state index contributed by atoms with van der Waals surface area (Å²) in [6.45, 7) is 5.47. The van der Waals surface area contributed by atoms with E-state index in [1.54, 1.807) is 17.7 Å². The maximum absolute atomic E-state index is 12.5. The Kier molecular flexibility index (Phi) is 7.20. The average Bonchev–Trinajstić information content (AvgIpc) is 3.23. The van der Waals surface area contributed by atoms with E-state index in [4.69, 9.17) is 0 Å². The normalized spacial score (nSPS) is 17.0. The lowest BCUT2D eigenvalue weighted by Gasteiger charge is -2.25. The molecule has 0 aliphatic carbocycles. The van der Waals surface area contributed by atoms with E-state index in [9.17, 15) is 4.79 Å². The van der Waals surface area contributed by atoms with E-state index in [2.05, 4.69) is 32.4 Å². The van der Waals surface area contributed by atoms with Crippen molar-refractivity contribution in [3.05, 3.63) is 17.8 Å². The third-order valence-corrected chi connectivity index (χ3v) is 4.92. The SMILES string of the molecule is CCCNCCNC(=O)C1CCCN1c1ncnc2sccc12.Cl. The van der Waals surface area contributed by atoms with Crippen molar-refractivity contribution in [3.8, 4) is 0 Å². The number of aromatic nitrogens is 2. The Morgan fingerprint density at radius 2 is 2.25 bits per heavy atom. The van der Waals surface area contributed by atoms with Crippen molar-refractivity contribution in [1.29, 1.82) is 0 Å². The van der Waals surface area contributed by atoms with Crippen LogP contribution in [0.5, 0.6) is 0 Å².